The molecule has 3 nitrogen and oxygen atoms in total. The van der Waals surface area contributed by atoms with Crippen LogP contribution in [-0.4, -0.2) is 23.5 Å². The SMILES string of the molecule is Cc1cccc(CN(C)Cc2csc(CCN)n2)c1. The fraction of sp³-hybridized carbons (Fsp3) is 0.400. The molecule has 0 amide bonds. The number of hydrogen-bond acceptors (Lipinski definition) is 4. The van der Waals surface area contributed by atoms with Gasteiger partial charge >= 0.3 is 0 Å². The standard InChI is InChI=1S/C15H21N3S/c1-12-4-3-5-13(8-12)9-18(2)10-14-11-19-15(17-14)6-7-16/h3-5,8,11H,6-7,9-10,16H2,1-2H3. The molecule has 0 aliphatic rings. The van der Waals surface area contributed by atoms with E-state index in [1.807, 2.05) is 0 Å². The topological polar surface area (TPSA) is 42.1 Å². The summed E-state index contributed by atoms with van der Waals surface area (Å²) in [5.41, 5.74) is 9.34. The van der Waals surface area contributed by atoms with Crippen LogP contribution in [0.25, 0.3) is 0 Å². The van der Waals surface area contributed by atoms with Gasteiger partial charge in [0.1, 0.15) is 0 Å². The molecule has 0 spiro atoms. The van der Waals surface area contributed by atoms with Gasteiger partial charge in [-0.1, -0.05) is 29.8 Å². The molecule has 2 N–H and O–H groups in total. The van der Waals surface area contributed by atoms with Gasteiger partial charge in [0.2, 0.25) is 0 Å². The van der Waals surface area contributed by atoms with E-state index >= 15 is 0 Å². The first kappa shape index (κ1) is 14.2. The van der Waals surface area contributed by atoms with Crippen LogP contribution in [0.5, 0.6) is 0 Å². The minimum Gasteiger partial charge on any atom is -0.330 e. The Morgan fingerprint density at radius 1 is 1.32 bits per heavy atom. The van der Waals surface area contributed by atoms with Gasteiger partial charge in [-0.2, -0.15) is 0 Å². The Morgan fingerprint density at radius 2 is 2.16 bits per heavy atom. The van der Waals surface area contributed by atoms with Crippen LogP contribution in [0.1, 0.15) is 21.8 Å². The minimum atomic E-state index is 0.673. The zero-order chi connectivity index (χ0) is 13.7. The van der Waals surface area contributed by atoms with E-state index in [1.165, 1.54) is 11.1 Å². The van der Waals surface area contributed by atoms with E-state index in [0.29, 0.717) is 6.54 Å². The van der Waals surface area contributed by atoms with Crippen molar-refractivity contribution in [2.45, 2.75) is 26.4 Å². The summed E-state index contributed by atoms with van der Waals surface area (Å²) in [4.78, 5) is 6.88. The van der Waals surface area contributed by atoms with Crippen LogP contribution in [0.4, 0.5) is 0 Å². The molecule has 2 aromatic rings. The molecule has 4 heteroatoms. The largest absolute Gasteiger partial charge is 0.330 e. The third-order valence-corrected chi connectivity index (χ3v) is 3.88. The van der Waals surface area contributed by atoms with E-state index in [2.05, 4.69) is 53.5 Å². The highest BCUT2D eigenvalue weighted by atomic mass is 32.1. The highest BCUT2D eigenvalue weighted by Gasteiger charge is 2.06. The van der Waals surface area contributed by atoms with Crippen molar-refractivity contribution in [1.82, 2.24) is 9.88 Å². The summed E-state index contributed by atoms with van der Waals surface area (Å²) in [6.45, 7) is 4.63. The van der Waals surface area contributed by atoms with Gasteiger partial charge in [-0.3, -0.25) is 4.90 Å². The molecule has 0 radical (unpaired) electrons. The van der Waals surface area contributed by atoms with Crippen molar-refractivity contribution < 1.29 is 0 Å². The summed E-state index contributed by atoms with van der Waals surface area (Å²) in [5, 5.41) is 3.28. The summed E-state index contributed by atoms with van der Waals surface area (Å²) in [7, 11) is 2.13. The van der Waals surface area contributed by atoms with Gasteiger partial charge in [0, 0.05) is 24.9 Å². The number of benzene rings is 1. The van der Waals surface area contributed by atoms with Crippen molar-refractivity contribution in [3.05, 3.63) is 51.5 Å². The van der Waals surface area contributed by atoms with E-state index in [0.717, 1.165) is 30.2 Å². The Labute approximate surface area is 119 Å². The lowest BCUT2D eigenvalue weighted by molar-refractivity contribution is 0.315. The molecule has 0 unspecified atom stereocenters. The van der Waals surface area contributed by atoms with E-state index in [1.54, 1.807) is 11.3 Å². The van der Waals surface area contributed by atoms with Gasteiger partial charge in [0.05, 0.1) is 10.7 Å². The zero-order valence-corrected chi connectivity index (χ0v) is 12.4. The number of hydrogen-bond donors (Lipinski definition) is 1. The Balaban J connectivity index is 1.91. The quantitative estimate of drug-likeness (QED) is 0.881. The highest BCUT2D eigenvalue weighted by Crippen LogP contribution is 2.13. The molecule has 2 rings (SSSR count). The minimum absolute atomic E-state index is 0.673. The van der Waals surface area contributed by atoms with Crippen LogP contribution in [0.2, 0.25) is 0 Å². The lowest BCUT2D eigenvalue weighted by atomic mass is 10.1. The van der Waals surface area contributed by atoms with Crippen molar-refractivity contribution in [2.24, 2.45) is 5.73 Å². The first-order valence-corrected chi connectivity index (χ1v) is 7.43. The maximum absolute atomic E-state index is 5.54. The van der Waals surface area contributed by atoms with Crippen LogP contribution < -0.4 is 5.73 Å². The second-order valence-corrected chi connectivity index (χ2v) is 5.88. The summed E-state index contributed by atoms with van der Waals surface area (Å²) < 4.78 is 0. The van der Waals surface area contributed by atoms with E-state index < -0.39 is 0 Å². The summed E-state index contributed by atoms with van der Waals surface area (Å²) in [5.74, 6) is 0. The number of thiazole rings is 1. The number of nitrogens with two attached hydrogens (primary N) is 1. The third-order valence-electron chi connectivity index (χ3n) is 2.92. The fourth-order valence-electron chi connectivity index (χ4n) is 2.11. The van der Waals surface area contributed by atoms with Crippen molar-refractivity contribution >= 4 is 11.3 Å². The maximum Gasteiger partial charge on any atom is 0.0941 e. The van der Waals surface area contributed by atoms with Crippen molar-refractivity contribution in [3.63, 3.8) is 0 Å². The van der Waals surface area contributed by atoms with E-state index in [-0.39, 0.29) is 0 Å². The predicted octanol–water partition coefficient (Wildman–Crippen LogP) is 2.58. The molecular weight excluding hydrogens is 254 g/mol. The molecule has 1 aromatic carbocycles. The summed E-state index contributed by atoms with van der Waals surface area (Å²) in [6.07, 6.45) is 0.881. The van der Waals surface area contributed by atoms with Crippen molar-refractivity contribution in [3.8, 4) is 0 Å². The van der Waals surface area contributed by atoms with Crippen LogP contribution in [-0.2, 0) is 19.5 Å². The molecule has 0 fully saturated rings. The Kier molecular flexibility index (Phi) is 5.07. The lowest BCUT2D eigenvalue weighted by Crippen LogP contribution is -2.17. The molecule has 19 heavy (non-hydrogen) atoms. The van der Waals surface area contributed by atoms with E-state index in [9.17, 15) is 0 Å². The van der Waals surface area contributed by atoms with Crippen LogP contribution >= 0.6 is 11.3 Å². The molecule has 0 saturated carbocycles. The summed E-state index contributed by atoms with van der Waals surface area (Å²) in [6, 6.07) is 8.64. The molecule has 0 saturated heterocycles. The molecule has 1 heterocycles. The van der Waals surface area contributed by atoms with Gasteiger partial charge in [-0.15, -0.1) is 11.3 Å². The number of aryl methyl sites for hydroxylation is 1. The number of nitrogens with zero attached hydrogens (tertiary/aromatic N) is 2. The average Bonchev–Trinajstić information content (AvgIpc) is 2.77. The van der Waals surface area contributed by atoms with Gasteiger partial charge in [-0.05, 0) is 26.1 Å². The maximum atomic E-state index is 5.54. The van der Waals surface area contributed by atoms with Crippen LogP contribution in [0.15, 0.2) is 29.6 Å². The molecule has 0 aliphatic carbocycles. The van der Waals surface area contributed by atoms with Crippen molar-refractivity contribution in [1.29, 1.82) is 0 Å². The molecule has 0 atom stereocenters. The van der Waals surface area contributed by atoms with Gasteiger partial charge in [0.15, 0.2) is 0 Å². The molecular formula is C15H21N3S. The Hall–Kier alpha value is -1.23. The average molecular weight is 275 g/mol. The smallest absolute Gasteiger partial charge is 0.0941 e. The highest BCUT2D eigenvalue weighted by molar-refractivity contribution is 7.09. The Morgan fingerprint density at radius 3 is 2.89 bits per heavy atom. The summed E-state index contributed by atoms with van der Waals surface area (Å²) >= 11 is 1.71. The molecule has 0 bridgehead atoms. The van der Waals surface area contributed by atoms with Gasteiger partial charge < -0.3 is 5.73 Å². The normalized spacial score (nSPS) is 11.2. The third kappa shape index (κ3) is 4.42. The molecule has 0 aliphatic heterocycles. The fourth-order valence-corrected chi connectivity index (χ4v) is 2.92. The van der Waals surface area contributed by atoms with E-state index in [4.69, 9.17) is 5.73 Å². The zero-order valence-electron chi connectivity index (χ0n) is 11.6. The van der Waals surface area contributed by atoms with Crippen LogP contribution in [0.3, 0.4) is 0 Å². The van der Waals surface area contributed by atoms with Gasteiger partial charge in [0.25, 0.3) is 0 Å². The number of aromatic nitrogens is 1. The van der Waals surface area contributed by atoms with Crippen molar-refractivity contribution in [2.75, 3.05) is 13.6 Å². The lowest BCUT2D eigenvalue weighted by Gasteiger charge is -2.15. The molecule has 102 valence electrons. The van der Waals surface area contributed by atoms with Crippen LogP contribution in [0, 0.1) is 6.92 Å². The second kappa shape index (κ2) is 6.80. The second-order valence-electron chi connectivity index (χ2n) is 4.93. The monoisotopic (exact) mass is 275 g/mol. The number of rotatable bonds is 6. The first-order valence-electron chi connectivity index (χ1n) is 6.55. The predicted molar refractivity (Wildman–Crippen MR) is 81.2 cm³/mol. The molecule has 1 aromatic heterocycles. The van der Waals surface area contributed by atoms with Gasteiger partial charge in [-0.25, -0.2) is 4.98 Å². The first-order chi connectivity index (χ1) is 9.17. The Bertz CT molecular complexity index is 522.